The van der Waals surface area contributed by atoms with E-state index >= 15 is 0 Å². The molecule has 2 rings (SSSR count). The maximum Gasteiger partial charge on any atom is 0.221 e. The van der Waals surface area contributed by atoms with Crippen LogP contribution in [0.4, 0.5) is 4.39 Å². The third-order valence-corrected chi connectivity index (χ3v) is 3.70. The molecular weight excluding hydrogens is 315 g/mol. The van der Waals surface area contributed by atoms with E-state index in [2.05, 4.69) is 10.6 Å². The Hall–Kier alpha value is -1.91. The van der Waals surface area contributed by atoms with Crippen LogP contribution >= 0.6 is 11.6 Å². The van der Waals surface area contributed by atoms with Gasteiger partial charge in [-0.25, -0.2) is 4.39 Å². The average molecular weight is 335 g/mol. The number of hydrogen-bond acceptors (Lipinski definition) is 2. The zero-order chi connectivity index (χ0) is 16.5. The molecule has 2 N–H and O–H groups in total. The highest BCUT2D eigenvalue weighted by Gasteiger charge is 2.03. The molecule has 0 atom stereocenters. The molecule has 0 heterocycles. The predicted octanol–water partition coefficient (Wildman–Crippen LogP) is 3.32. The minimum atomic E-state index is -0.230. The highest BCUT2D eigenvalue weighted by Crippen LogP contribution is 2.09. The topological polar surface area (TPSA) is 41.1 Å². The first-order valence-corrected chi connectivity index (χ1v) is 7.98. The van der Waals surface area contributed by atoms with Crippen molar-refractivity contribution >= 4 is 17.5 Å². The minimum Gasteiger partial charge on any atom is -0.356 e. The maximum absolute atomic E-state index is 13.4. The fourth-order valence-corrected chi connectivity index (χ4v) is 2.29. The molecule has 5 heteroatoms. The van der Waals surface area contributed by atoms with E-state index in [0.29, 0.717) is 43.1 Å². The molecule has 0 aliphatic rings. The summed E-state index contributed by atoms with van der Waals surface area (Å²) >= 11 is 5.82. The Balaban J connectivity index is 1.58. The molecule has 0 spiro atoms. The Morgan fingerprint density at radius 2 is 1.78 bits per heavy atom. The Bertz CT molecular complexity index is 631. The van der Waals surface area contributed by atoms with E-state index in [1.165, 1.54) is 6.07 Å². The summed E-state index contributed by atoms with van der Waals surface area (Å²) < 4.78 is 13.4. The van der Waals surface area contributed by atoms with Gasteiger partial charge in [0.15, 0.2) is 0 Å². The second-order valence-electron chi connectivity index (χ2n) is 5.24. The van der Waals surface area contributed by atoms with Crippen molar-refractivity contribution in [2.24, 2.45) is 0 Å². The highest BCUT2D eigenvalue weighted by atomic mass is 35.5. The van der Waals surface area contributed by atoms with Crippen molar-refractivity contribution in [1.82, 2.24) is 10.6 Å². The van der Waals surface area contributed by atoms with E-state index in [1.54, 1.807) is 18.2 Å². The van der Waals surface area contributed by atoms with Gasteiger partial charge in [0.05, 0.1) is 0 Å². The quantitative estimate of drug-likeness (QED) is 0.727. The van der Waals surface area contributed by atoms with E-state index in [4.69, 9.17) is 11.6 Å². The number of nitrogens with one attached hydrogen (secondary N) is 2. The van der Waals surface area contributed by atoms with Crippen molar-refractivity contribution in [3.05, 3.63) is 70.5 Å². The van der Waals surface area contributed by atoms with Gasteiger partial charge < -0.3 is 10.6 Å². The molecule has 3 nitrogen and oxygen atoms in total. The Labute approximate surface area is 140 Å². The monoisotopic (exact) mass is 334 g/mol. The normalized spacial score (nSPS) is 10.5. The molecule has 122 valence electrons. The first kappa shape index (κ1) is 17.4. The summed E-state index contributed by atoms with van der Waals surface area (Å²) in [5.41, 5.74) is 1.74. The van der Waals surface area contributed by atoms with Crippen molar-refractivity contribution in [3.8, 4) is 0 Å². The smallest absolute Gasteiger partial charge is 0.221 e. The Kier molecular flexibility index (Phi) is 7.04. The van der Waals surface area contributed by atoms with Crippen LogP contribution in [0.3, 0.4) is 0 Å². The zero-order valence-electron chi connectivity index (χ0n) is 12.8. The summed E-state index contributed by atoms with van der Waals surface area (Å²) in [6, 6.07) is 14.2. The molecule has 23 heavy (non-hydrogen) atoms. The lowest BCUT2D eigenvalue weighted by molar-refractivity contribution is -0.120. The molecule has 2 aromatic carbocycles. The fourth-order valence-electron chi connectivity index (χ4n) is 2.16. The zero-order valence-corrected chi connectivity index (χ0v) is 13.6. The molecule has 0 aliphatic carbocycles. The lowest BCUT2D eigenvalue weighted by Crippen LogP contribution is -2.29. The van der Waals surface area contributed by atoms with Crippen molar-refractivity contribution in [1.29, 1.82) is 0 Å². The van der Waals surface area contributed by atoms with Crippen molar-refractivity contribution in [2.75, 3.05) is 13.1 Å². The van der Waals surface area contributed by atoms with Gasteiger partial charge in [0.25, 0.3) is 0 Å². The molecule has 0 saturated heterocycles. The lowest BCUT2D eigenvalue weighted by Gasteiger charge is -2.07. The minimum absolute atomic E-state index is 0.0371. The maximum atomic E-state index is 13.4. The molecule has 0 saturated carbocycles. The first-order valence-electron chi connectivity index (χ1n) is 7.60. The standard InChI is InChI=1S/C18H20ClFN2O/c19-16-7-5-14(6-8-16)13-21-11-10-18(23)22-12-9-15-3-1-2-4-17(15)20/h1-8,21H,9-13H2,(H,22,23). The number of benzene rings is 2. The van der Waals surface area contributed by atoms with Gasteiger partial charge in [0, 0.05) is 31.1 Å². The molecule has 0 bridgehead atoms. The summed E-state index contributed by atoms with van der Waals surface area (Å²) in [6.07, 6.45) is 0.890. The molecule has 0 fully saturated rings. The van der Waals surface area contributed by atoms with Gasteiger partial charge in [-0.3, -0.25) is 4.79 Å². The number of halogens is 2. The number of hydrogen-bond donors (Lipinski definition) is 2. The molecule has 2 aromatic rings. The van der Waals surface area contributed by atoms with Crippen LogP contribution in [-0.4, -0.2) is 19.0 Å². The lowest BCUT2D eigenvalue weighted by atomic mass is 10.1. The van der Waals surface area contributed by atoms with E-state index < -0.39 is 0 Å². The number of carbonyl (C=O) groups is 1. The molecular formula is C18H20ClFN2O. The van der Waals surface area contributed by atoms with Crippen LogP contribution in [0.25, 0.3) is 0 Å². The van der Waals surface area contributed by atoms with Gasteiger partial charge in [0.1, 0.15) is 5.82 Å². The van der Waals surface area contributed by atoms with E-state index in [-0.39, 0.29) is 11.7 Å². The second kappa shape index (κ2) is 9.28. The summed E-state index contributed by atoms with van der Waals surface area (Å²) in [5, 5.41) is 6.72. The summed E-state index contributed by atoms with van der Waals surface area (Å²) in [7, 11) is 0. The van der Waals surface area contributed by atoms with E-state index in [0.717, 1.165) is 5.56 Å². The predicted molar refractivity (Wildman–Crippen MR) is 90.9 cm³/mol. The second-order valence-corrected chi connectivity index (χ2v) is 5.68. The van der Waals surface area contributed by atoms with Crippen LogP contribution in [0.2, 0.25) is 5.02 Å². The van der Waals surface area contributed by atoms with Crippen LogP contribution < -0.4 is 10.6 Å². The van der Waals surface area contributed by atoms with Crippen LogP contribution in [0.15, 0.2) is 48.5 Å². The molecule has 1 amide bonds. The van der Waals surface area contributed by atoms with Gasteiger partial charge in [-0.2, -0.15) is 0 Å². The van der Waals surface area contributed by atoms with Crippen LogP contribution in [0.1, 0.15) is 17.5 Å². The highest BCUT2D eigenvalue weighted by molar-refractivity contribution is 6.30. The van der Waals surface area contributed by atoms with E-state index in [9.17, 15) is 9.18 Å². The third-order valence-electron chi connectivity index (χ3n) is 3.45. The van der Waals surface area contributed by atoms with Gasteiger partial charge in [-0.1, -0.05) is 41.9 Å². The number of amides is 1. The average Bonchev–Trinajstić information content (AvgIpc) is 2.55. The number of rotatable bonds is 8. The van der Waals surface area contributed by atoms with Crippen LogP contribution in [0.5, 0.6) is 0 Å². The van der Waals surface area contributed by atoms with Crippen molar-refractivity contribution < 1.29 is 9.18 Å². The summed E-state index contributed by atoms with van der Waals surface area (Å²) in [6.45, 7) is 1.73. The fraction of sp³-hybridized carbons (Fsp3) is 0.278. The van der Waals surface area contributed by atoms with E-state index in [1.807, 2.05) is 24.3 Å². The van der Waals surface area contributed by atoms with Crippen LogP contribution in [0, 0.1) is 5.82 Å². The summed E-state index contributed by atoms with van der Waals surface area (Å²) in [4.78, 5) is 11.7. The number of carbonyl (C=O) groups excluding carboxylic acids is 1. The van der Waals surface area contributed by atoms with Crippen molar-refractivity contribution in [3.63, 3.8) is 0 Å². The van der Waals surface area contributed by atoms with Gasteiger partial charge in [-0.05, 0) is 35.7 Å². The van der Waals surface area contributed by atoms with Gasteiger partial charge in [-0.15, -0.1) is 0 Å². The first-order chi connectivity index (χ1) is 11.1. The molecule has 0 radical (unpaired) electrons. The van der Waals surface area contributed by atoms with Gasteiger partial charge in [0.2, 0.25) is 5.91 Å². The Morgan fingerprint density at radius 1 is 1.04 bits per heavy atom. The third kappa shape index (κ3) is 6.38. The summed E-state index contributed by atoms with van der Waals surface area (Å²) in [5.74, 6) is -0.267. The largest absolute Gasteiger partial charge is 0.356 e. The van der Waals surface area contributed by atoms with Gasteiger partial charge >= 0.3 is 0 Å². The molecule has 0 unspecified atom stereocenters. The SMILES string of the molecule is O=C(CCNCc1ccc(Cl)cc1)NCCc1ccccc1F. The molecule has 0 aliphatic heterocycles. The Morgan fingerprint density at radius 3 is 2.52 bits per heavy atom. The molecule has 0 aromatic heterocycles. The van der Waals surface area contributed by atoms with Crippen molar-refractivity contribution in [2.45, 2.75) is 19.4 Å². The van der Waals surface area contributed by atoms with Crippen LogP contribution in [-0.2, 0) is 17.8 Å².